The number of pyridine rings is 1. The highest BCUT2D eigenvalue weighted by atomic mass is 32.2. The first kappa shape index (κ1) is 16.5. The fourth-order valence-electron chi connectivity index (χ4n) is 1.71. The van der Waals surface area contributed by atoms with Crippen LogP contribution in [0.3, 0.4) is 0 Å². The number of aryl methyl sites for hydroxylation is 1. The Bertz CT molecular complexity index is 816. The van der Waals surface area contributed by atoms with E-state index in [1.807, 2.05) is 0 Å². The van der Waals surface area contributed by atoms with Gasteiger partial charge in [-0.2, -0.15) is 13.2 Å². The molecule has 0 amide bonds. The normalized spacial score (nSPS) is 12.4. The molecule has 0 spiro atoms. The minimum atomic E-state index is -5.59. The number of aromatic nitrogens is 2. The van der Waals surface area contributed by atoms with Gasteiger partial charge in [-0.25, -0.2) is 18.4 Å². The predicted molar refractivity (Wildman–Crippen MR) is 74.3 cm³/mol. The van der Waals surface area contributed by atoms with Crippen LogP contribution < -0.4 is 10.5 Å². The van der Waals surface area contributed by atoms with Crippen LogP contribution in [0.1, 0.15) is 5.69 Å². The highest BCUT2D eigenvalue weighted by Gasteiger charge is 2.49. The molecule has 2 heterocycles. The van der Waals surface area contributed by atoms with E-state index in [2.05, 4.69) is 14.7 Å². The van der Waals surface area contributed by atoms with E-state index in [1.165, 1.54) is 6.20 Å². The van der Waals surface area contributed by atoms with Crippen LogP contribution in [0.2, 0.25) is 0 Å². The summed E-state index contributed by atoms with van der Waals surface area (Å²) in [5.74, 6) is -0.629. The van der Waals surface area contributed by atoms with Gasteiger partial charge in [0.15, 0.2) is 5.13 Å². The van der Waals surface area contributed by atoms with Crippen LogP contribution in [0.5, 0.6) is 5.88 Å². The van der Waals surface area contributed by atoms with E-state index in [0.717, 1.165) is 24.5 Å². The Balaban J connectivity index is 2.70. The second-order valence-electron chi connectivity index (χ2n) is 4.15. The smallest absolute Gasteiger partial charge is 0.480 e. The fourth-order valence-corrected chi connectivity index (χ4v) is 3.42. The van der Waals surface area contributed by atoms with Crippen molar-refractivity contribution in [2.45, 2.75) is 17.3 Å². The van der Waals surface area contributed by atoms with Crippen LogP contribution in [0.25, 0.3) is 10.4 Å². The van der Waals surface area contributed by atoms with Crippen LogP contribution in [0.4, 0.5) is 18.3 Å². The molecule has 2 aromatic rings. The molecule has 0 unspecified atom stereocenters. The third kappa shape index (κ3) is 2.73. The molecule has 2 N–H and O–H groups in total. The van der Waals surface area contributed by atoms with Gasteiger partial charge in [-0.15, -0.1) is 0 Å². The molecule has 0 bridgehead atoms. The van der Waals surface area contributed by atoms with Crippen molar-refractivity contribution in [1.29, 1.82) is 0 Å². The van der Waals surface area contributed by atoms with Gasteiger partial charge in [0.05, 0.1) is 17.7 Å². The molecule has 22 heavy (non-hydrogen) atoms. The first-order chi connectivity index (χ1) is 10.1. The van der Waals surface area contributed by atoms with Crippen LogP contribution in [-0.4, -0.2) is 31.0 Å². The van der Waals surface area contributed by atoms with Crippen molar-refractivity contribution in [2.24, 2.45) is 0 Å². The summed E-state index contributed by atoms with van der Waals surface area (Å²) in [7, 11) is -4.56. The van der Waals surface area contributed by atoms with Crippen LogP contribution in [0.15, 0.2) is 17.2 Å². The fraction of sp³-hybridized carbons (Fsp3) is 0.273. The number of sulfone groups is 1. The molecule has 0 aromatic carbocycles. The molecule has 0 aliphatic carbocycles. The standard InChI is InChI=1S/C11H10F3N3O3S2/c1-5-8(21-10(15)17-5)6-3-7(9(20-2)16-4-6)22(18,19)11(12,13)14/h3-4H,1-2H3,(H2,15,17). The predicted octanol–water partition coefficient (Wildman–Crippen LogP) is 2.40. The van der Waals surface area contributed by atoms with Gasteiger partial charge in [0, 0.05) is 11.8 Å². The summed E-state index contributed by atoms with van der Waals surface area (Å²) < 4.78 is 66.1. The molecular formula is C11H10F3N3O3S2. The van der Waals surface area contributed by atoms with E-state index in [0.29, 0.717) is 10.6 Å². The number of hydrogen-bond acceptors (Lipinski definition) is 7. The van der Waals surface area contributed by atoms with Gasteiger partial charge in [0.1, 0.15) is 4.90 Å². The average molecular weight is 353 g/mol. The lowest BCUT2D eigenvalue weighted by atomic mass is 10.2. The highest BCUT2D eigenvalue weighted by Crippen LogP contribution is 2.38. The van der Waals surface area contributed by atoms with Gasteiger partial charge < -0.3 is 10.5 Å². The number of rotatable bonds is 3. The van der Waals surface area contributed by atoms with Crippen molar-refractivity contribution in [3.05, 3.63) is 18.0 Å². The molecule has 11 heteroatoms. The first-order valence-corrected chi connectivity index (χ1v) is 7.96. The molecule has 120 valence electrons. The van der Waals surface area contributed by atoms with Crippen LogP contribution >= 0.6 is 11.3 Å². The Kier molecular flexibility index (Phi) is 4.04. The van der Waals surface area contributed by atoms with Crippen LogP contribution in [-0.2, 0) is 9.84 Å². The number of ether oxygens (including phenoxy) is 1. The summed E-state index contributed by atoms with van der Waals surface area (Å²) in [5.41, 5.74) is 0.699. The maximum Gasteiger partial charge on any atom is 0.502 e. The number of halogens is 3. The Morgan fingerprint density at radius 2 is 2.00 bits per heavy atom. The number of alkyl halides is 3. The Morgan fingerprint density at radius 3 is 2.45 bits per heavy atom. The molecule has 0 aliphatic rings. The maximum atomic E-state index is 12.8. The SMILES string of the molecule is COc1ncc(-c2sc(N)nc2C)cc1S(=O)(=O)C(F)(F)F. The Morgan fingerprint density at radius 1 is 1.36 bits per heavy atom. The van der Waals surface area contributed by atoms with Gasteiger partial charge in [-0.1, -0.05) is 11.3 Å². The summed E-state index contributed by atoms with van der Waals surface area (Å²) in [6, 6.07) is 0.856. The van der Waals surface area contributed by atoms with Gasteiger partial charge in [0.2, 0.25) is 5.88 Å². The summed E-state index contributed by atoms with van der Waals surface area (Å²) in [6.07, 6.45) is 1.20. The monoisotopic (exact) mass is 353 g/mol. The molecule has 0 radical (unpaired) electrons. The lowest BCUT2D eigenvalue weighted by Crippen LogP contribution is -2.24. The van der Waals surface area contributed by atoms with Crippen molar-refractivity contribution in [3.8, 4) is 16.3 Å². The lowest BCUT2D eigenvalue weighted by Gasteiger charge is -2.12. The topological polar surface area (TPSA) is 95.2 Å². The Hall–Kier alpha value is -1.88. The third-order valence-corrected chi connectivity index (χ3v) is 5.20. The number of nitrogens with two attached hydrogens (primary N) is 1. The number of nitrogen functional groups attached to an aromatic ring is 1. The van der Waals surface area contributed by atoms with E-state index in [9.17, 15) is 21.6 Å². The molecule has 2 aromatic heterocycles. The van der Waals surface area contributed by atoms with Gasteiger partial charge >= 0.3 is 5.51 Å². The molecule has 0 saturated carbocycles. The second-order valence-corrected chi connectivity index (χ2v) is 7.09. The minimum absolute atomic E-state index is 0.162. The van der Waals surface area contributed by atoms with E-state index < -0.39 is 26.1 Å². The highest BCUT2D eigenvalue weighted by molar-refractivity contribution is 7.92. The van der Waals surface area contributed by atoms with Crippen molar-refractivity contribution < 1.29 is 26.3 Å². The molecule has 0 aliphatic heterocycles. The quantitative estimate of drug-likeness (QED) is 0.910. The van der Waals surface area contributed by atoms with Crippen LogP contribution in [0, 0.1) is 6.92 Å². The van der Waals surface area contributed by atoms with Crippen molar-refractivity contribution in [3.63, 3.8) is 0 Å². The molecule has 0 saturated heterocycles. The van der Waals surface area contributed by atoms with Gasteiger partial charge in [-0.3, -0.25) is 0 Å². The van der Waals surface area contributed by atoms with E-state index in [4.69, 9.17) is 5.73 Å². The van der Waals surface area contributed by atoms with Crippen molar-refractivity contribution in [1.82, 2.24) is 9.97 Å². The largest absolute Gasteiger partial charge is 0.502 e. The zero-order chi connectivity index (χ0) is 16.7. The number of hydrogen-bond donors (Lipinski definition) is 1. The van der Waals surface area contributed by atoms with Crippen molar-refractivity contribution >= 4 is 26.3 Å². The third-order valence-electron chi connectivity index (χ3n) is 2.68. The molecule has 6 nitrogen and oxygen atoms in total. The number of thiazole rings is 1. The summed E-state index contributed by atoms with van der Waals surface area (Å²) in [5, 5.41) is 0.212. The number of methoxy groups -OCH3 is 1. The molecule has 2 rings (SSSR count). The maximum absolute atomic E-state index is 12.8. The molecular weight excluding hydrogens is 343 g/mol. The van der Waals surface area contributed by atoms with Gasteiger partial charge in [0.25, 0.3) is 9.84 Å². The lowest BCUT2D eigenvalue weighted by molar-refractivity contribution is -0.0437. The Labute approximate surface area is 127 Å². The average Bonchev–Trinajstić information content (AvgIpc) is 2.75. The summed E-state index contributed by atoms with van der Waals surface area (Å²) >= 11 is 1.02. The molecule has 0 fully saturated rings. The van der Waals surface area contributed by atoms with E-state index in [-0.39, 0.29) is 10.7 Å². The molecule has 0 atom stereocenters. The number of anilines is 1. The first-order valence-electron chi connectivity index (χ1n) is 5.66. The van der Waals surface area contributed by atoms with Gasteiger partial charge in [-0.05, 0) is 13.0 Å². The van der Waals surface area contributed by atoms with E-state index >= 15 is 0 Å². The minimum Gasteiger partial charge on any atom is -0.480 e. The zero-order valence-electron chi connectivity index (χ0n) is 11.3. The summed E-state index contributed by atoms with van der Waals surface area (Å²) in [6.45, 7) is 1.60. The van der Waals surface area contributed by atoms with E-state index in [1.54, 1.807) is 6.92 Å². The zero-order valence-corrected chi connectivity index (χ0v) is 12.9. The second kappa shape index (κ2) is 5.39. The summed E-state index contributed by atoms with van der Waals surface area (Å²) in [4.78, 5) is 6.96. The van der Waals surface area contributed by atoms with Crippen molar-refractivity contribution in [2.75, 3.05) is 12.8 Å². The number of nitrogens with zero attached hydrogens (tertiary/aromatic N) is 2.